The summed E-state index contributed by atoms with van der Waals surface area (Å²) in [6.07, 6.45) is 1.83. The van der Waals surface area contributed by atoms with Crippen LogP contribution in [-0.4, -0.2) is 20.0 Å². The molecule has 0 radical (unpaired) electrons. The second-order valence-electron chi connectivity index (χ2n) is 6.60. The maximum Gasteiger partial charge on any atom is 0.251 e. The van der Waals surface area contributed by atoms with Crippen LogP contribution in [0.3, 0.4) is 0 Å². The first-order valence-corrected chi connectivity index (χ1v) is 9.56. The Labute approximate surface area is 176 Å². The summed E-state index contributed by atoms with van der Waals surface area (Å²) in [6.45, 7) is 0. The molecule has 0 aliphatic rings. The Kier molecular flexibility index (Phi) is 4.61. The lowest BCUT2D eigenvalue weighted by atomic mass is 10.1. The smallest absolute Gasteiger partial charge is 0.251 e. The minimum atomic E-state index is -0.314. The predicted octanol–water partition coefficient (Wildman–Crippen LogP) is 6.05. The van der Waals surface area contributed by atoms with Gasteiger partial charge in [-0.2, -0.15) is 5.10 Å². The molecule has 0 fully saturated rings. The first-order chi connectivity index (χ1) is 14.7. The summed E-state index contributed by atoms with van der Waals surface area (Å²) in [4.78, 5) is 0. The quantitative estimate of drug-likeness (QED) is 0.358. The van der Waals surface area contributed by atoms with Crippen LogP contribution in [0.1, 0.15) is 0 Å². The second kappa shape index (κ2) is 7.57. The Bertz CT molecular complexity index is 1300. The van der Waals surface area contributed by atoms with Crippen molar-refractivity contribution in [3.05, 3.63) is 95.9 Å². The standard InChI is InChI=1S/C23H14ClFN4O/c24-17-10-6-16(7-11-17)22-26-27-23(30-22)20-14-29(19-4-2-1-3-5-19)28-21(20)15-8-12-18(25)13-9-15/h1-14H. The summed E-state index contributed by atoms with van der Waals surface area (Å²) in [5.41, 5.74) is 3.65. The average Bonchev–Trinajstić information content (AvgIpc) is 3.43. The molecule has 5 nitrogen and oxygen atoms in total. The number of aromatic nitrogens is 4. The second-order valence-corrected chi connectivity index (χ2v) is 7.03. The van der Waals surface area contributed by atoms with Gasteiger partial charge in [0.05, 0.1) is 11.3 Å². The number of halogens is 2. The third-order valence-electron chi connectivity index (χ3n) is 4.60. The number of hydrogen-bond donors (Lipinski definition) is 0. The van der Waals surface area contributed by atoms with E-state index in [-0.39, 0.29) is 5.82 Å². The fraction of sp³-hybridized carbons (Fsp3) is 0. The normalized spacial score (nSPS) is 11.0. The largest absolute Gasteiger partial charge is 0.416 e. The molecule has 0 N–H and O–H groups in total. The van der Waals surface area contributed by atoms with Crippen molar-refractivity contribution >= 4 is 11.6 Å². The topological polar surface area (TPSA) is 56.7 Å². The molecule has 0 unspecified atom stereocenters. The van der Waals surface area contributed by atoms with Gasteiger partial charge in [-0.25, -0.2) is 9.07 Å². The zero-order chi connectivity index (χ0) is 20.5. The van der Waals surface area contributed by atoms with Gasteiger partial charge in [0, 0.05) is 22.3 Å². The molecule has 2 aromatic heterocycles. The van der Waals surface area contributed by atoms with E-state index in [1.54, 1.807) is 28.9 Å². The summed E-state index contributed by atoms with van der Waals surface area (Å²) < 4.78 is 21.1. The van der Waals surface area contributed by atoms with Gasteiger partial charge in [-0.05, 0) is 60.7 Å². The van der Waals surface area contributed by atoms with Crippen molar-refractivity contribution in [2.45, 2.75) is 0 Å². The number of benzene rings is 3. The first-order valence-electron chi connectivity index (χ1n) is 9.18. The van der Waals surface area contributed by atoms with Crippen LogP contribution in [0.25, 0.3) is 39.9 Å². The molecule has 5 aromatic rings. The van der Waals surface area contributed by atoms with E-state index in [2.05, 4.69) is 10.2 Å². The molecule has 0 spiro atoms. The van der Waals surface area contributed by atoms with Crippen LogP contribution in [0, 0.1) is 5.82 Å². The third-order valence-corrected chi connectivity index (χ3v) is 4.85. The van der Waals surface area contributed by atoms with Gasteiger partial charge in [-0.3, -0.25) is 0 Å². The molecule has 0 saturated heterocycles. The van der Waals surface area contributed by atoms with Crippen LogP contribution in [-0.2, 0) is 0 Å². The van der Waals surface area contributed by atoms with Gasteiger partial charge in [-0.15, -0.1) is 10.2 Å². The first kappa shape index (κ1) is 18.3. The SMILES string of the molecule is Fc1ccc(-c2nn(-c3ccccc3)cc2-c2nnc(-c3ccc(Cl)cc3)o2)cc1. The molecule has 7 heteroatoms. The Morgan fingerprint density at radius 3 is 2.17 bits per heavy atom. The maximum absolute atomic E-state index is 13.4. The van der Waals surface area contributed by atoms with Gasteiger partial charge < -0.3 is 4.42 Å². The fourth-order valence-corrected chi connectivity index (χ4v) is 3.23. The van der Waals surface area contributed by atoms with E-state index in [1.807, 2.05) is 48.7 Å². The summed E-state index contributed by atoms with van der Waals surface area (Å²) in [5.74, 6) is 0.381. The Morgan fingerprint density at radius 2 is 1.43 bits per heavy atom. The highest BCUT2D eigenvalue weighted by Gasteiger charge is 2.20. The Balaban J connectivity index is 1.62. The van der Waals surface area contributed by atoms with Gasteiger partial charge >= 0.3 is 0 Å². The lowest BCUT2D eigenvalue weighted by Crippen LogP contribution is -1.94. The Hall–Kier alpha value is -3.77. The van der Waals surface area contributed by atoms with E-state index in [1.165, 1.54) is 12.1 Å². The van der Waals surface area contributed by atoms with Crippen molar-refractivity contribution in [3.8, 4) is 39.9 Å². The van der Waals surface area contributed by atoms with Crippen molar-refractivity contribution in [1.29, 1.82) is 0 Å². The highest BCUT2D eigenvalue weighted by atomic mass is 35.5. The zero-order valence-electron chi connectivity index (χ0n) is 15.5. The van der Waals surface area contributed by atoms with Gasteiger partial charge in [0.1, 0.15) is 11.5 Å². The lowest BCUT2D eigenvalue weighted by Gasteiger charge is -2.00. The maximum atomic E-state index is 13.4. The van der Waals surface area contributed by atoms with Crippen LogP contribution in [0.2, 0.25) is 5.02 Å². The van der Waals surface area contributed by atoms with Crippen LogP contribution < -0.4 is 0 Å². The highest BCUT2D eigenvalue weighted by Crippen LogP contribution is 2.33. The van der Waals surface area contributed by atoms with E-state index in [0.29, 0.717) is 28.1 Å². The van der Waals surface area contributed by atoms with E-state index in [9.17, 15) is 4.39 Å². The van der Waals surface area contributed by atoms with E-state index in [4.69, 9.17) is 21.1 Å². The summed E-state index contributed by atoms with van der Waals surface area (Å²) in [7, 11) is 0. The van der Waals surface area contributed by atoms with Crippen molar-refractivity contribution in [2.75, 3.05) is 0 Å². The summed E-state index contributed by atoms with van der Waals surface area (Å²) in [6, 6.07) is 23.0. The summed E-state index contributed by atoms with van der Waals surface area (Å²) in [5, 5.41) is 13.7. The lowest BCUT2D eigenvalue weighted by molar-refractivity contribution is 0.585. The number of rotatable bonds is 4. The monoisotopic (exact) mass is 416 g/mol. The molecular weight excluding hydrogens is 403 g/mol. The van der Waals surface area contributed by atoms with Gasteiger partial charge in [0.15, 0.2) is 0 Å². The molecule has 0 amide bonds. The third kappa shape index (κ3) is 3.49. The molecule has 30 heavy (non-hydrogen) atoms. The molecule has 5 rings (SSSR count). The van der Waals surface area contributed by atoms with E-state index >= 15 is 0 Å². The van der Waals surface area contributed by atoms with E-state index < -0.39 is 0 Å². The highest BCUT2D eigenvalue weighted by molar-refractivity contribution is 6.30. The van der Waals surface area contributed by atoms with Gasteiger partial charge in [-0.1, -0.05) is 29.8 Å². The minimum absolute atomic E-state index is 0.314. The van der Waals surface area contributed by atoms with E-state index in [0.717, 1.165) is 16.8 Å². The predicted molar refractivity (Wildman–Crippen MR) is 113 cm³/mol. The fourth-order valence-electron chi connectivity index (χ4n) is 3.11. The Morgan fingerprint density at radius 1 is 0.767 bits per heavy atom. The number of para-hydroxylation sites is 1. The minimum Gasteiger partial charge on any atom is -0.416 e. The molecule has 0 bridgehead atoms. The van der Waals surface area contributed by atoms with Crippen molar-refractivity contribution in [1.82, 2.24) is 20.0 Å². The number of nitrogens with zero attached hydrogens (tertiary/aromatic N) is 4. The molecule has 0 aliphatic carbocycles. The van der Waals surface area contributed by atoms with Crippen LogP contribution >= 0.6 is 11.6 Å². The van der Waals surface area contributed by atoms with Gasteiger partial charge in [0.25, 0.3) is 5.89 Å². The van der Waals surface area contributed by atoms with Gasteiger partial charge in [0.2, 0.25) is 5.89 Å². The molecule has 0 atom stereocenters. The average molecular weight is 417 g/mol. The van der Waals surface area contributed by atoms with Crippen molar-refractivity contribution in [3.63, 3.8) is 0 Å². The van der Waals surface area contributed by atoms with Crippen LogP contribution in [0.5, 0.6) is 0 Å². The zero-order valence-corrected chi connectivity index (χ0v) is 16.3. The van der Waals surface area contributed by atoms with Crippen LogP contribution in [0.15, 0.2) is 89.5 Å². The molecule has 0 aliphatic heterocycles. The van der Waals surface area contributed by atoms with Crippen molar-refractivity contribution < 1.29 is 8.81 Å². The summed E-state index contributed by atoms with van der Waals surface area (Å²) >= 11 is 5.96. The van der Waals surface area contributed by atoms with Crippen molar-refractivity contribution in [2.24, 2.45) is 0 Å². The molecule has 3 aromatic carbocycles. The number of hydrogen-bond acceptors (Lipinski definition) is 4. The molecular formula is C23H14ClFN4O. The van der Waals surface area contributed by atoms with Crippen LogP contribution in [0.4, 0.5) is 4.39 Å². The molecule has 146 valence electrons. The molecule has 2 heterocycles. The molecule has 0 saturated carbocycles.